The van der Waals surface area contributed by atoms with Crippen molar-refractivity contribution >= 4 is 29.9 Å². The number of nitrogens with one attached hydrogen (secondary N) is 2. The van der Waals surface area contributed by atoms with Crippen LogP contribution in [0.1, 0.15) is 32.3 Å². The molecule has 0 atom stereocenters. The van der Waals surface area contributed by atoms with Crippen molar-refractivity contribution in [2.24, 2.45) is 10.9 Å². The van der Waals surface area contributed by atoms with E-state index < -0.39 is 6.61 Å². The maximum atomic E-state index is 12.2. The van der Waals surface area contributed by atoms with Crippen LogP contribution in [0.15, 0.2) is 29.3 Å². The van der Waals surface area contributed by atoms with E-state index in [0.717, 1.165) is 24.9 Å². The summed E-state index contributed by atoms with van der Waals surface area (Å²) in [6, 6.07) is 6.64. The summed E-state index contributed by atoms with van der Waals surface area (Å²) >= 11 is 0. The fourth-order valence-electron chi connectivity index (χ4n) is 2.06. The highest BCUT2D eigenvalue weighted by Gasteiger charge is 2.06. The Morgan fingerprint density at radius 2 is 1.91 bits per heavy atom. The van der Waals surface area contributed by atoms with Crippen LogP contribution < -0.4 is 15.4 Å². The average molecular weight is 441 g/mol. The molecular weight excluding hydrogens is 415 g/mol. The first kappa shape index (κ1) is 21.9. The minimum absolute atomic E-state index is 0. The molecule has 0 radical (unpaired) electrons. The Bertz CT molecular complexity index is 468. The van der Waals surface area contributed by atoms with Gasteiger partial charge in [0.1, 0.15) is 5.75 Å². The predicted octanol–water partition coefficient (Wildman–Crippen LogP) is 4.01. The molecule has 0 fully saturated rings. The van der Waals surface area contributed by atoms with Gasteiger partial charge in [-0.2, -0.15) is 8.78 Å². The van der Waals surface area contributed by atoms with Crippen LogP contribution in [0.25, 0.3) is 0 Å². The summed E-state index contributed by atoms with van der Waals surface area (Å²) in [6.07, 6.45) is 2.24. The molecule has 0 aliphatic carbocycles. The number of benzene rings is 1. The summed E-state index contributed by atoms with van der Waals surface area (Å²) in [5, 5.41) is 6.44. The molecule has 0 saturated heterocycles. The first-order chi connectivity index (χ1) is 10.6. The maximum Gasteiger partial charge on any atom is 0.387 e. The molecule has 0 amide bonds. The van der Waals surface area contributed by atoms with Crippen LogP contribution in [-0.2, 0) is 6.54 Å². The number of ether oxygens (including phenoxy) is 1. The van der Waals surface area contributed by atoms with Crippen molar-refractivity contribution < 1.29 is 13.5 Å². The lowest BCUT2D eigenvalue weighted by atomic mass is 10.0. The second kappa shape index (κ2) is 12.3. The Hall–Kier alpha value is -1.12. The van der Waals surface area contributed by atoms with Crippen LogP contribution in [-0.4, -0.2) is 26.2 Å². The van der Waals surface area contributed by atoms with Crippen LogP contribution >= 0.6 is 24.0 Å². The van der Waals surface area contributed by atoms with Crippen molar-refractivity contribution in [1.29, 1.82) is 0 Å². The molecule has 4 nitrogen and oxygen atoms in total. The third-order valence-corrected chi connectivity index (χ3v) is 3.52. The maximum absolute atomic E-state index is 12.2. The third-order valence-electron chi connectivity index (χ3n) is 3.52. The average Bonchev–Trinajstić information content (AvgIpc) is 2.51. The number of guanidine groups is 1. The zero-order valence-electron chi connectivity index (χ0n) is 13.8. The molecule has 0 saturated carbocycles. The van der Waals surface area contributed by atoms with Crippen LogP contribution in [0.3, 0.4) is 0 Å². The van der Waals surface area contributed by atoms with Crippen LogP contribution in [0.5, 0.6) is 5.75 Å². The Balaban J connectivity index is 0.00000484. The molecule has 7 heteroatoms. The Morgan fingerprint density at radius 1 is 1.22 bits per heavy atom. The largest absolute Gasteiger partial charge is 0.435 e. The number of rotatable bonds is 8. The molecule has 0 aromatic heterocycles. The smallest absolute Gasteiger partial charge is 0.387 e. The Kier molecular flexibility index (Phi) is 11.7. The Labute approximate surface area is 154 Å². The van der Waals surface area contributed by atoms with E-state index in [2.05, 4.69) is 34.2 Å². The summed E-state index contributed by atoms with van der Waals surface area (Å²) in [7, 11) is 1.71. The highest BCUT2D eigenvalue weighted by Crippen LogP contribution is 2.15. The van der Waals surface area contributed by atoms with E-state index in [4.69, 9.17) is 0 Å². The number of hydrogen-bond donors (Lipinski definition) is 2. The van der Waals surface area contributed by atoms with Crippen LogP contribution in [0, 0.1) is 5.92 Å². The fraction of sp³-hybridized carbons (Fsp3) is 0.562. The first-order valence-electron chi connectivity index (χ1n) is 7.57. The van der Waals surface area contributed by atoms with Gasteiger partial charge in [-0.25, -0.2) is 0 Å². The molecule has 0 bridgehead atoms. The Morgan fingerprint density at radius 3 is 2.48 bits per heavy atom. The predicted molar refractivity (Wildman–Crippen MR) is 101 cm³/mol. The van der Waals surface area contributed by atoms with Crippen LogP contribution in [0.4, 0.5) is 8.78 Å². The summed E-state index contributed by atoms with van der Waals surface area (Å²) in [6.45, 7) is 2.88. The number of hydrogen-bond acceptors (Lipinski definition) is 2. The van der Waals surface area contributed by atoms with E-state index in [1.54, 1.807) is 19.2 Å². The quantitative estimate of drug-likeness (QED) is 0.364. The second-order valence-electron chi connectivity index (χ2n) is 5.02. The molecule has 1 aromatic rings. The highest BCUT2D eigenvalue weighted by atomic mass is 127. The molecule has 0 unspecified atom stereocenters. The zero-order valence-corrected chi connectivity index (χ0v) is 16.1. The molecule has 0 aliphatic rings. The van der Waals surface area contributed by atoms with E-state index in [0.29, 0.717) is 18.4 Å². The molecule has 1 aromatic carbocycles. The van der Waals surface area contributed by atoms with Crippen molar-refractivity contribution in [1.82, 2.24) is 10.6 Å². The second-order valence-corrected chi connectivity index (χ2v) is 5.02. The molecule has 2 N–H and O–H groups in total. The number of halogens is 3. The van der Waals surface area contributed by atoms with Gasteiger partial charge in [0.25, 0.3) is 0 Å². The normalized spacial score (nSPS) is 11.3. The van der Waals surface area contributed by atoms with Crippen molar-refractivity contribution in [3.05, 3.63) is 29.8 Å². The lowest BCUT2D eigenvalue weighted by Crippen LogP contribution is -2.39. The van der Waals surface area contributed by atoms with Crippen LogP contribution in [0.2, 0.25) is 0 Å². The lowest BCUT2D eigenvalue weighted by molar-refractivity contribution is -0.0498. The van der Waals surface area contributed by atoms with E-state index >= 15 is 0 Å². The molecule has 0 heterocycles. The van der Waals surface area contributed by atoms with Gasteiger partial charge in [0.05, 0.1) is 0 Å². The molecule has 1 rings (SSSR count). The molecule has 0 spiro atoms. The van der Waals surface area contributed by atoms with Gasteiger partial charge < -0.3 is 15.4 Å². The van der Waals surface area contributed by atoms with Gasteiger partial charge in [-0.3, -0.25) is 4.99 Å². The fourth-order valence-corrected chi connectivity index (χ4v) is 2.06. The third kappa shape index (κ3) is 8.92. The topological polar surface area (TPSA) is 45.7 Å². The number of alkyl halides is 2. The SMILES string of the molecule is CCC(CC)CNC(=NC)NCc1cccc(OC(F)F)c1.I. The highest BCUT2D eigenvalue weighted by molar-refractivity contribution is 14.0. The van der Waals surface area contributed by atoms with E-state index in [-0.39, 0.29) is 29.7 Å². The van der Waals surface area contributed by atoms with E-state index in [9.17, 15) is 8.78 Å². The molecule has 132 valence electrons. The number of aliphatic imine (C=N–C) groups is 1. The summed E-state index contributed by atoms with van der Waals surface area (Å²) in [5.41, 5.74) is 0.851. The van der Waals surface area contributed by atoms with Gasteiger partial charge in [-0.15, -0.1) is 24.0 Å². The number of nitrogens with zero attached hydrogens (tertiary/aromatic N) is 1. The van der Waals surface area contributed by atoms with Gasteiger partial charge in [0.15, 0.2) is 5.96 Å². The first-order valence-corrected chi connectivity index (χ1v) is 7.57. The zero-order chi connectivity index (χ0) is 16.4. The molecular formula is C16H26F2IN3O. The van der Waals surface area contributed by atoms with Gasteiger partial charge in [0.2, 0.25) is 0 Å². The van der Waals surface area contributed by atoms with E-state index in [1.165, 1.54) is 6.07 Å². The van der Waals surface area contributed by atoms with Crippen molar-refractivity contribution in [3.8, 4) is 5.75 Å². The van der Waals surface area contributed by atoms with Gasteiger partial charge in [-0.05, 0) is 23.6 Å². The minimum Gasteiger partial charge on any atom is -0.435 e. The monoisotopic (exact) mass is 441 g/mol. The van der Waals surface area contributed by atoms with Gasteiger partial charge >= 0.3 is 6.61 Å². The van der Waals surface area contributed by atoms with E-state index in [1.807, 2.05) is 6.07 Å². The molecule has 0 aliphatic heterocycles. The summed E-state index contributed by atoms with van der Waals surface area (Å²) in [5.74, 6) is 1.47. The standard InChI is InChI=1S/C16H25F2N3O.HI/c1-4-12(5-2)10-20-16(19-3)21-11-13-7-6-8-14(9-13)22-15(17)18;/h6-9,12,15H,4-5,10-11H2,1-3H3,(H2,19,20,21);1H. The van der Waals surface area contributed by atoms with Gasteiger partial charge in [-0.1, -0.05) is 38.8 Å². The summed E-state index contributed by atoms with van der Waals surface area (Å²) < 4.78 is 28.8. The lowest BCUT2D eigenvalue weighted by Gasteiger charge is -2.17. The van der Waals surface area contributed by atoms with Gasteiger partial charge in [0, 0.05) is 20.1 Å². The van der Waals surface area contributed by atoms with Crippen molar-refractivity contribution in [3.63, 3.8) is 0 Å². The van der Waals surface area contributed by atoms with Crippen molar-refractivity contribution in [2.75, 3.05) is 13.6 Å². The summed E-state index contributed by atoms with van der Waals surface area (Å²) in [4.78, 5) is 4.16. The minimum atomic E-state index is -2.81. The molecule has 23 heavy (non-hydrogen) atoms. The van der Waals surface area contributed by atoms with Crippen molar-refractivity contribution in [2.45, 2.75) is 39.8 Å².